The third-order valence-corrected chi connectivity index (χ3v) is 5.64. The highest BCUT2D eigenvalue weighted by atomic mass is 16.2. The molecule has 0 spiro atoms. The Morgan fingerprint density at radius 2 is 2.11 bits per heavy atom. The van der Waals surface area contributed by atoms with Gasteiger partial charge in [0.25, 0.3) is 0 Å². The van der Waals surface area contributed by atoms with Gasteiger partial charge in [-0.3, -0.25) is 9.79 Å². The summed E-state index contributed by atoms with van der Waals surface area (Å²) in [5, 5.41) is 6.87. The summed E-state index contributed by atoms with van der Waals surface area (Å²) in [5.74, 6) is 1.16. The van der Waals surface area contributed by atoms with E-state index in [9.17, 15) is 4.79 Å². The zero-order valence-electron chi connectivity index (χ0n) is 17.7. The average molecular weight is 386 g/mol. The largest absolute Gasteiger partial charge is 0.366 e. The molecule has 2 heterocycles. The Labute approximate surface area is 169 Å². The van der Waals surface area contributed by atoms with Crippen molar-refractivity contribution in [2.24, 2.45) is 10.9 Å². The quantitative estimate of drug-likeness (QED) is 0.582. The Bertz CT molecular complexity index is 702. The van der Waals surface area contributed by atoms with Crippen molar-refractivity contribution < 1.29 is 4.79 Å². The second kappa shape index (κ2) is 9.30. The van der Waals surface area contributed by atoms with Gasteiger partial charge in [-0.05, 0) is 38.3 Å². The summed E-state index contributed by atoms with van der Waals surface area (Å²) in [6, 6.07) is 9.47. The van der Waals surface area contributed by atoms with E-state index in [4.69, 9.17) is 4.99 Å². The number of rotatable bonds is 6. The number of benzene rings is 1. The molecule has 6 heteroatoms. The molecule has 1 fully saturated rings. The van der Waals surface area contributed by atoms with Gasteiger partial charge in [0.1, 0.15) is 0 Å². The molecule has 3 rings (SSSR count). The number of aliphatic imine (C=N–C) groups is 1. The first-order valence-electron chi connectivity index (χ1n) is 10.7. The second-order valence-electron chi connectivity index (χ2n) is 8.20. The van der Waals surface area contributed by atoms with E-state index in [1.165, 1.54) is 11.3 Å². The summed E-state index contributed by atoms with van der Waals surface area (Å²) in [5.41, 5.74) is 2.78. The van der Waals surface area contributed by atoms with Gasteiger partial charge in [-0.25, -0.2) is 0 Å². The maximum atomic E-state index is 12.2. The van der Waals surface area contributed by atoms with Crippen molar-refractivity contribution in [3.05, 3.63) is 29.8 Å². The number of likely N-dealkylation sites (tertiary alicyclic amines) is 1. The van der Waals surface area contributed by atoms with Gasteiger partial charge in [-0.1, -0.05) is 32.0 Å². The standard InChI is InChI=1S/C22H35N5O/c1-5-23-22(25-19-10-12-26(15-19)21(28)16(2)3)24-11-13-27-17(4)14-18-8-6-7-9-20(18)27/h6-9,16-17,19H,5,10-15H2,1-4H3,(H2,23,24,25). The summed E-state index contributed by atoms with van der Waals surface area (Å²) < 4.78 is 0. The molecule has 2 atom stereocenters. The summed E-state index contributed by atoms with van der Waals surface area (Å²) in [6.07, 6.45) is 2.08. The number of nitrogens with zero attached hydrogens (tertiary/aromatic N) is 3. The fourth-order valence-electron chi connectivity index (χ4n) is 4.20. The summed E-state index contributed by atoms with van der Waals surface area (Å²) in [7, 11) is 0. The molecule has 28 heavy (non-hydrogen) atoms. The van der Waals surface area contributed by atoms with Gasteiger partial charge in [-0.2, -0.15) is 0 Å². The average Bonchev–Trinajstić information content (AvgIpc) is 3.25. The molecule has 0 aromatic heterocycles. The molecule has 6 nitrogen and oxygen atoms in total. The fraction of sp³-hybridized carbons (Fsp3) is 0.636. The number of hydrogen-bond acceptors (Lipinski definition) is 3. The number of carbonyl (C=O) groups is 1. The van der Waals surface area contributed by atoms with Crippen molar-refractivity contribution in [1.82, 2.24) is 15.5 Å². The maximum Gasteiger partial charge on any atom is 0.225 e. The van der Waals surface area contributed by atoms with E-state index < -0.39 is 0 Å². The zero-order chi connectivity index (χ0) is 20.1. The van der Waals surface area contributed by atoms with Crippen LogP contribution in [0.4, 0.5) is 5.69 Å². The van der Waals surface area contributed by atoms with Crippen LogP contribution >= 0.6 is 0 Å². The van der Waals surface area contributed by atoms with Gasteiger partial charge in [0, 0.05) is 49.9 Å². The molecular formula is C22H35N5O. The SMILES string of the molecule is CCNC(=NCCN1c2ccccc2CC1C)NC1CCN(C(=O)C(C)C)C1. The number of guanidine groups is 1. The summed E-state index contributed by atoms with van der Waals surface area (Å²) >= 11 is 0. The van der Waals surface area contributed by atoms with Crippen molar-refractivity contribution in [3.63, 3.8) is 0 Å². The fourth-order valence-corrected chi connectivity index (χ4v) is 4.20. The van der Waals surface area contributed by atoms with Crippen LogP contribution in [0.15, 0.2) is 29.3 Å². The highest BCUT2D eigenvalue weighted by molar-refractivity contribution is 5.81. The van der Waals surface area contributed by atoms with Gasteiger partial charge in [0.2, 0.25) is 5.91 Å². The van der Waals surface area contributed by atoms with Crippen LogP contribution in [0.3, 0.4) is 0 Å². The lowest BCUT2D eigenvalue weighted by atomic mass is 10.1. The smallest absolute Gasteiger partial charge is 0.225 e. The summed E-state index contributed by atoms with van der Waals surface area (Å²) in [6.45, 7) is 12.4. The number of carbonyl (C=O) groups excluding carboxylic acids is 1. The number of nitrogens with one attached hydrogen (secondary N) is 2. The second-order valence-corrected chi connectivity index (χ2v) is 8.20. The Morgan fingerprint density at radius 1 is 1.32 bits per heavy atom. The first-order valence-corrected chi connectivity index (χ1v) is 10.7. The lowest BCUT2D eigenvalue weighted by Gasteiger charge is -2.24. The molecule has 1 aromatic rings. The number of hydrogen-bond donors (Lipinski definition) is 2. The van der Waals surface area contributed by atoms with Gasteiger partial charge < -0.3 is 20.4 Å². The molecule has 1 amide bonds. The molecule has 0 aliphatic carbocycles. The highest BCUT2D eigenvalue weighted by Crippen LogP contribution is 2.31. The van der Waals surface area contributed by atoms with Crippen molar-refractivity contribution >= 4 is 17.6 Å². The van der Waals surface area contributed by atoms with Crippen LogP contribution in [0.5, 0.6) is 0 Å². The predicted molar refractivity (Wildman–Crippen MR) is 116 cm³/mol. The van der Waals surface area contributed by atoms with Crippen LogP contribution in [0.25, 0.3) is 0 Å². The third-order valence-electron chi connectivity index (χ3n) is 5.64. The lowest BCUT2D eigenvalue weighted by molar-refractivity contribution is -0.133. The van der Waals surface area contributed by atoms with Crippen LogP contribution in [-0.4, -0.2) is 61.6 Å². The molecular weight excluding hydrogens is 350 g/mol. The zero-order valence-corrected chi connectivity index (χ0v) is 17.7. The monoisotopic (exact) mass is 385 g/mol. The van der Waals surface area contributed by atoms with Crippen molar-refractivity contribution in [2.45, 2.75) is 52.6 Å². The van der Waals surface area contributed by atoms with Crippen molar-refractivity contribution in [3.8, 4) is 0 Å². The molecule has 0 radical (unpaired) electrons. The van der Waals surface area contributed by atoms with E-state index in [0.717, 1.165) is 51.5 Å². The van der Waals surface area contributed by atoms with Gasteiger partial charge in [0.15, 0.2) is 5.96 Å². The minimum absolute atomic E-state index is 0.0611. The van der Waals surface area contributed by atoms with Gasteiger partial charge in [-0.15, -0.1) is 0 Å². The number of para-hydroxylation sites is 1. The van der Waals surface area contributed by atoms with Crippen LogP contribution in [-0.2, 0) is 11.2 Å². The lowest BCUT2D eigenvalue weighted by Crippen LogP contribution is -2.45. The van der Waals surface area contributed by atoms with Gasteiger partial charge >= 0.3 is 0 Å². The molecule has 1 aromatic carbocycles. The maximum absolute atomic E-state index is 12.2. The Kier molecular flexibility index (Phi) is 6.81. The third kappa shape index (κ3) is 4.78. The molecule has 1 saturated heterocycles. The topological polar surface area (TPSA) is 60.0 Å². The first-order chi connectivity index (χ1) is 13.5. The first kappa shape index (κ1) is 20.5. The number of anilines is 1. The normalized spacial score (nSPS) is 22.0. The van der Waals surface area contributed by atoms with E-state index in [1.54, 1.807) is 0 Å². The van der Waals surface area contributed by atoms with Crippen LogP contribution in [0, 0.1) is 5.92 Å². The molecule has 0 saturated carbocycles. The minimum atomic E-state index is 0.0611. The Balaban J connectivity index is 1.54. The molecule has 2 aliphatic rings. The van der Waals surface area contributed by atoms with Crippen LogP contribution < -0.4 is 15.5 Å². The van der Waals surface area contributed by atoms with E-state index >= 15 is 0 Å². The molecule has 2 aliphatic heterocycles. The Morgan fingerprint density at radius 3 is 2.86 bits per heavy atom. The van der Waals surface area contributed by atoms with Crippen LogP contribution in [0.2, 0.25) is 0 Å². The van der Waals surface area contributed by atoms with E-state index in [-0.39, 0.29) is 17.9 Å². The summed E-state index contributed by atoms with van der Waals surface area (Å²) in [4.78, 5) is 21.4. The molecule has 2 unspecified atom stereocenters. The number of amides is 1. The van der Waals surface area contributed by atoms with E-state index in [0.29, 0.717) is 6.04 Å². The van der Waals surface area contributed by atoms with E-state index in [1.807, 2.05) is 18.7 Å². The minimum Gasteiger partial charge on any atom is -0.366 e. The van der Waals surface area contributed by atoms with Gasteiger partial charge in [0.05, 0.1) is 6.54 Å². The highest BCUT2D eigenvalue weighted by Gasteiger charge is 2.28. The van der Waals surface area contributed by atoms with E-state index in [2.05, 4.69) is 53.6 Å². The van der Waals surface area contributed by atoms with Crippen LogP contribution in [0.1, 0.15) is 39.7 Å². The predicted octanol–water partition coefficient (Wildman–Crippen LogP) is 2.25. The number of fused-ring (bicyclic) bond motifs is 1. The van der Waals surface area contributed by atoms with Crippen molar-refractivity contribution in [2.75, 3.05) is 37.6 Å². The molecule has 2 N–H and O–H groups in total. The Hall–Kier alpha value is -2.24. The molecule has 154 valence electrons. The molecule has 0 bridgehead atoms. The van der Waals surface area contributed by atoms with Crippen molar-refractivity contribution in [1.29, 1.82) is 0 Å².